The molecular formula is C19H38N2. The summed E-state index contributed by atoms with van der Waals surface area (Å²) < 4.78 is 0. The first-order valence-corrected chi connectivity index (χ1v) is 9.42. The Morgan fingerprint density at radius 2 is 1.52 bits per heavy atom. The third-order valence-electron chi connectivity index (χ3n) is 5.98. The molecule has 2 rings (SSSR count). The highest BCUT2D eigenvalue weighted by Gasteiger charge is 2.30. The maximum absolute atomic E-state index is 3.51. The largest absolute Gasteiger partial charge is 0.317 e. The van der Waals surface area contributed by atoms with Gasteiger partial charge in [0, 0.05) is 6.54 Å². The van der Waals surface area contributed by atoms with E-state index in [9.17, 15) is 0 Å². The third-order valence-corrected chi connectivity index (χ3v) is 5.98. The fraction of sp³-hybridized carbons (Fsp3) is 1.00. The maximum atomic E-state index is 3.51. The molecule has 0 aromatic rings. The summed E-state index contributed by atoms with van der Waals surface area (Å²) >= 11 is 0. The van der Waals surface area contributed by atoms with Crippen LogP contribution >= 0.6 is 0 Å². The van der Waals surface area contributed by atoms with Crippen molar-refractivity contribution in [3.8, 4) is 0 Å². The van der Waals surface area contributed by atoms with E-state index < -0.39 is 0 Å². The number of nitrogens with one attached hydrogen (secondary N) is 1. The van der Waals surface area contributed by atoms with Gasteiger partial charge >= 0.3 is 0 Å². The summed E-state index contributed by atoms with van der Waals surface area (Å²) in [7, 11) is 0. The van der Waals surface area contributed by atoms with Gasteiger partial charge in [0.05, 0.1) is 0 Å². The van der Waals surface area contributed by atoms with Crippen LogP contribution in [0.25, 0.3) is 0 Å². The first-order valence-electron chi connectivity index (χ1n) is 9.42. The molecule has 2 nitrogen and oxygen atoms in total. The van der Waals surface area contributed by atoms with Gasteiger partial charge in [-0.25, -0.2) is 0 Å². The molecule has 1 saturated carbocycles. The molecule has 0 aromatic heterocycles. The van der Waals surface area contributed by atoms with E-state index in [0.717, 1.165) is 24.3 Å². The number of rotatable bonds is 5. The summed E-state index contributed by atoms with van der Waals surface area (Å²) in [4.78, 5) is 2.75. The lowest BCUT2D eigenvalue weighted by molar-refractivity contribution is 0.107. The van der Waals surface area contributed by atoms with Crippen LogP contribution in [0.15, 0.2) is 0 Å². The van der Waals surface area contributed by atoms with E-state index in [2.05, 4.69) is 37.9 Å². The lowest BCUT2D eigenvalue weighted by atomic mass is 9.70. The summed E-state index contributed by atoms with van der Waals surface area (Å²) in [5.41, 5.74) is 0.523. The Morgan fingerprint density at radius 3 is 2.05 bits per heavy atom. The number of likely N-dealkylation sites (tertiary alicyclic amines) is 1. The zero-order chi connectivity index (χ0) is 15.3. The molecule has 21 heavy (non-hydrogen) atoms. The molecule has 0 amide bonds. The molecular weight excluding hydrogens is 256 g/mol. The molecule has 0 spiro atoms. The number of hydrogen-bond donors (Lipinski definition) is 1. The van der Waals surface area contributed by atoms with Crippen molar-refractivity contribution >= 4 is 0 Å². The van der Waals surface area contributed by atoms with E-state index >= 15 is 0 Å². The lowest BCUT2D eigenvalue weighted by Crippen LogP contribution is -2.40. The van der Waals surface area contributed by atoms with Gasteiger partial charge in [0.2, 0.25) is 0 Å². The van der Waals surface area contributed by atoms with Crippen LogP contribution in [-0.2, 0) is 0 Å². The highest BCUT2D eigenvalue weighted by atomic mass is 15.1. The van der Waals surface area contributed by atoms with E-state index in [1.54, 1.807) is 0 Å². The van der Waals surface area contributed by atoms with Crippen molar-refractivity contribution in [3.05, 3.63) is 0 Å². The van der Waals surface area contributed by atoms with E-state index in [-0.39, 0.29) is 0 Å². The molecule has 0 atom stereocenters. The standard InChI is InChI=1S/C19H38N2/c1-5-20-14-16-10-12-21(13-11-16)15-17-6-8-18(9-7-17)19(2,3)4/h16-18,20H,5-15H2,1-4H3. The van der Waals surface area contributed by atoms with Crippen molar-refractivity contribution in [1.82, 2.24) is 10.2 Å². The van der Waals surface area contributed by atoms with E-state index in [1.807, 2.05) is 0 Å². The van der Waals surface area contributed by atoms with Crippen molar-refractivity contribution in [2.45, 2.75) is 66.2 Å². The molecule has 2 fully saturated rings. The predicted octanol–water partition coefficient (Wildman–Crippen LogP) is 4.16. The Labute approximate surface area is 133 Å². The van der Waals surface area contributed by atoms with E-state index in [1.165, 1.54) is 64.7 Å². The van der Waals surface area contributed by atoms with Gasteiger partial charge < -0.3 is 10.2 Å². The summed E-state index contributed by atoms with van der Waals surface area (Å²) in [5, 5.41) is 3.51. The van der Waals surface area contributed by atoms with E-state index in [0.29, 0.717) is 5.41 Å². The van der Waals surface area contributed by atoms with Crippen molar-refractivity contribution in [2.24, 2.45) is 23.2 Å². The third kappa shape index (κ3) is 5.56. The zero-order valence-electron chi connectivity index (χ0n) is 15.0. The summed E-state index contributed by atoms with van der Waals surface area (Å²) in [6.45, 7) is 15.9. The monoisotopic (exact) mass is 294 g/mol. The summed E-state index contributed by atoms with van der Waals surface area (Å²) in [6.07, 6.45) is 8.68. The fourth-order valence-electron chi connectivity index (χ4n) is 4.30. The predicted molar refractivity (Wildman–Crippen MR) is 92.6 cm³/mol. The SMILES string of the molecule is CCNCC1CCN(CC2CCC(C(C)(C)C)CC2)CC1. The topological polar surface area (TPSA) is 15.3 Å². The highest BCUT2D eigenvalue weighted by molar-refractivity contribution is 4.83. The van der Waals surface area contributed by atoms with Crippen LogP contribution in [-0.4, -0.2) is 37.6 Å². The zero-order valence-corrected chi connectivity index (χ0v) is 15.0. The Kier molecular flexibility index (Phi) is 6.55. The van der Waals surface area contributed by atoms with Gasteiger partial charge in [0.15, 0.2) is 0 Å². The quantitative estimate of drug-likeness (QED) is 0.819. The molecule has 2 aliphatic rings. The van der Waals surface area contributed by atoms with Crippen molar-refractivity contribution < 1.29 is 0 Å². The first-order chi connectivity index (χ1) is 9.99. The van der Waals surface area contributed by atoms with Crippen molar-refractivity contribution in [2.75, 3.05) is 32.7 Å². The Hall–Kier alpha value is -0.0800. The number of piperidine rings is 1. The molecule has 0 unspecified atom stereocenters. The molecule has 0 aromatic carbocycles. The minimum absolute atomic E-state index is 0.523. The average molecular weight is 295 g/mol. The molecule has 1 aliphatic carbocycles. The van der Waals surface area contributed by atoms with Gasteiger partial charge in [-0.3, -0.25) is 0 Å². The van der Waals surface area contributed by atoms with Crippen LogP contribution in [0.1, 0.15) is 66.2 Å². The van der Waals surface area contributed by atoms with Crippen LogP contribution in [0.5, 0.6) is 0 Å². The second-order valence-electron chi connectivity index (χ2n) is 8.64. The molecule has 1 N–H and O–H groups in total. The summed E-state index contributed by atoms with van der Waals surface area (Å²) in [5.74, 6) is 2.87. The minimum atomic E-state index is 0.523. The van der Waals surface area contributed by atoms with E-state index in [4.69, 9.17) is 0 Å². The normalized spacial score (nSPS) is 29.7. The fourth-order valence-corrected chi connectivity index (χ4v) is 4.30. The van der Waals surface area contributed by atoms with Crippen LogP contribution in [0.4, 0.5) is 0 Å². The Morgan fingerprint density at radius 1 is 0.905 bits per heavy atom. The van der Waals surface area contributed by atoms with Crippen LogP contribution < -0.4 is 5.32 Å². The van der Waals surface area contributed by atoms with Crippen molar-refractivity contribution in [3.63, 3.8) is 0 Å². The Bertz CT molecular complexity index is 278. The molecule has 1 heterocycles. The van der Waals surface area contributed by atoms with Gasteiger partial charge in [-0.2, -0.15) is 0 Å². The maximum Gasteiger partial charge on any atom is 0.000966 e. The lowest BCUT2D eigenvalue weighted by Gasteiger charge is -2.40. The average Bonchev–Trinajstić information content (AvgIpc) is 2.46. The number of hydrogen-bond acceptors (Lipinski definition) is 2. The molecule has 124 valence electrons. The molecule has 1 aliphatic heterocycles. The van der Waals surface area contributed by atoms with Crippen molar-refractivity contribution in [1.29, 1.82) is 0 Å². The number of nitrogens with zero attached hydrogens (tertiary/aromatic N) is 1. The van der Waals surface area contributed by atoms with Crippen LogP contribution in [0.2, 0.25) is 0 Å². The van der Waals surface area contributed by atoms with Gasteiger partial charge in [-0.05, 0) is 87.9 Å². The Balaban J connectivity index is 1.64. The van der Waals surface area contributed by atoms with Crippen LogP contribution in [0, 0.1) is 23.2 Å². The van der Waals surface area contributed by atoms with Gasteiger partial charge in [0.25, 0.3) is 0 Å². The van der Waals surface area contributed by atoms with Gasteiger partial charge in [-0.1, -0.05) is 27.7 Å². The first kappa shape index (κ1) is 17.3. The second-order valence-corrected chi connectivity index (χ2v) is 8.64. The highest BCUT2D eigenvalue weighted by Crippen LogP contribution is 2.40. The minimum Gasteiger partial charge on any atom is -0.317 e. The molecule has 1 saturated heterocycles. The summed E-state index contributed by atoms with van der Waals surface area (Å²) in [6, 6.07) is 0. The molecule has 0 radical (unpaired) electrons. The molecule has 0 bridgehead atoms. The second kappa shape index (κ2) is 7.97. The molecule has 2 heteroatoms. The smallest absolute Gasteiger partial charge is 0.000966 e. The van der Waals surface area contributed by atoms with Crippen LogP contribution in [0.3, 0.4) is 0 Å². The van der Waals surface area contributed by atoms with Gasteiger partial charge in [-0.15, -0.1) is 0 Å². The van der Waals surface area contributed by atoms with Gasteiger partial charge in [0.1, 0.15) is 0 Å².